The van der Waals surface area contributed by atoms with Crippen LogP contribution in [0.15, 0.2) is 73.2 Å². The topological polar surface area (TPSA) is 256 Å². The van der Waals surface area contributed by atoms with Gasteiger partial charge in [0.05, 0.1) is 58.8 Å². The van der Waals surface area contributed by atoms with Gasteiger partial charge in [0.1, 0.15) is 17.5 Å². The summed E-state index contributed by atoms with van der Waals surface area (Å²) in [5, 5.41) is 31.5. The number of fused-ring (bicyclic) bond motifs is 3. The summed E-state index contributed by atoms with van der Waals surface area (Å²) in [6.45, 7) is 0. The van der Waals surface area contributed by atoms with Crippen LogP contribution in [0.1, 0.15) is 85.1 Å². The summed E-state index contributed by atoms with van der Waals surface area (Å²) in [4.78, 5) is 35.9. The Morgan fingerprint density at radius 1 is 0.556 bits per heavy atom. The maximum atomic E-state index is 13.6. The zero-order valence-corrected chi connectivity index (χ0v) is 37.8. The van der Waals surface area contributed by atoms with Crippen LogP contribution in [-0.4, -0.2) is 94.4 Å². The third-order valence-electron chi connectivity index (χ3n) is 11.3. The number of aromatic nitrogens is 12. The van der Waals surface area contributed by atoms with Gasteiger partial charge in [-0.15, -0.1) is 15.3 Å². The largest absolute Gasteiger partial charge is 1.00 e. The summed E-state index contributed by atoms with van der Waals surface area (Å²) in [6, 6.07) is 11.7. The molecule has 0 spiro atoms. The Kier molecular flexibility index (Phi) is 16.2. The SMILES string of the molecule is C.COC(=O)c1cc(-c2nc3cc(F)c(F)cc3n2C2CC2)cnn1.Fc1cc2nc(-c3cnnc(Cl)c3)n(C3CC3)c2cc1F.O.O=C(O)c1cc(-c2nc3cc(F)c(F)cc3n2C2CC2)cnn1.[Li+].[OH-]. The van der Waals surface area contributed by atoms with Crippen molar-refractivity contribution in [2.24, 2.45) is 0 Å². The summed E-state index contributed by atoms with van der Waals surface area (Å²) in [5.74, 6) is -5.83. The number of carboxylic acid groups (broad SMARTS) is 1. The van der Waals surface area contributed by atoms with Crippen molar-refractivity contribution in [1.82, 2.24) is 59.2 Å². The monoisotopic (exact) mass is 1010 g/mol. The second-order valence-electron chi connectivity index (χ2n) is 16.1. The molecule has 4 N–H and O–H groups in total. The number of hydrogen-bond acceptors (Lipinski definition) is 13. The van der Waals surface area contributed by atoms with E-state index in [4.69, 9.17) is 16.7 Å². The van der Waals surface area contributed by atoms with E-state index in [1.165, 1.54) is 37.7 Å². The third-order valence-corrected chi connectivity index (χ3v) is 11.4. The van der Waals surface area contributed by atoms with E-state index < -0.39 is 46.8 Å². The number of aromatic carboxylic acids is 1. The van der Waals surface area contributed by atoms with Crippen LogP contribution in [0, 0.1) is 34.9 Å². The summed E-state index contributed by atoms with van der Waals surface area (Å²) >= 11 is 5.86. The minimum atomic E-state index is -1.20. The van der Waals surface area contributed by atoms with Crippen molar-refractivity contribution >= 4 is 56.6 Å². The average molecular weight is 1010 g/mol. The third kappa shape index (κ3) is 10.6. The molecule has 3 fully saturated rings. The molecule has 6 heterocycles. The number of benzene rings is 3. The molecule has 26 heteroatoms. The molecule has 6 aromatic heterocycles. The van der Waals surface area contributed by atoms with Crippen molar-refractivity contribution in [3.05, 3.63) is 125 Å². The van der Waals surface area contributed by atoms with Gasteiger partial charge in [0, 0.05) is 71.2 Å². The standard InChI is InChI=1S/C16H12F2N4O2.C15H10F2N4O2.C14H9ClF2N4.CH4.Li.2H2O/c1-24-16(23)13-4-8(7-19-21-13)15-20-12-5-10(17)11(18)6-14(12)22(15)9-2-3-9;16-9-4-11-13(5-10(9)17)21(8-1-2-8)14(19-11)7-3-12(15(22)23)20-18-6-7;15-13-3-7(6-18-20-13)14-19-11-4-9(16)10(17)5-12(11)21(14)8-1-2-8;;;;/h4-7,9H,2-3H2,1H3;3-6,8H,1-2H2,(H,22,23);3-6,8H,1-2H2;1H4;;2*1H2/q;;;;+1;;/p-1. The number of nitrogens with zero attached hydrogens (tertiary/aromatic N) is 12. The van der Waals surface area contributed by atoms with E-state index >= 15 is 0 Å². The number of rotatable bonds is 8. The van der Waals surface area contributed by atoms with Crippen LogP contribution in [0.25, 0.3) is 67.3 Å². The van der Waals surface area contributed by atoms with E-state index in [1.807, 2.05) is 9.13 Å². The van der Waals surface area contributed by atoms with E-state index in [-0.39, 0.29) is 71.9 Å². The first-order chi connectivity index (χ1) is 32.8. The summed E-state index contributed by atoms with van der Waals surface area (Å²) < 4.78 is 91.3. The first kappa shape index (κ1) is 54.0. The van der Waals surface area contributed by atoms with Gasteiger partial charge in [-0.2, -0.15) is 15.3 Å². The molecule has 72 heavy (non-hydrogen) atoms. The number of carbonyl (C=O) groups is 2. The molecule has 3 aliphatic carbocycles. The van der Waals surface area contributed by atoms with Crippen LogP contribution in [0.2, 0.25) is 5.15 Å². The molecule has 0 radical (unpaired) electrons. The fourth-order valence-corrected chi connectivity index (χ4v) is 7.90. The Balaban J connectivity index is 0.000000172. The number of ether oxygens (including phenoxy) is 1. The molecule has 0 amide bonds. The number of halogens is 7. The van der Waals surface area contributed by atoms with E-state index in [9.17, 15) is 35.9 Å². The molecule has 3 aromatic carbocycles. The number of hydrogen-bond donors (Lipinski definition) is 1. The van der Waals surface area contributed by atoms with Gasteiger partial charge in [-0.05, 0) is 56.7 Å². The second kappa shape index (κ2) is 21.6. The predicted molar refractivity (Wildman–Crippen MR) is 242 cm³/mol. The number of esters is 1. The molecule has 0 bridgehead atoms. The molecule has 9 aromatic rings. The normalized spacial score (nSPS) is 13.6. The van der Waals surface area contributed by atoms with Crippen molar-refractivity contribution in [1.29, 1.82) is 0 Å². The maximum absolute atomic E-state index is 13.6. The molecule has 12 rings (SSSR count). The Hall–Kier alpha value is -7.36. The van der Waals surface area contributed by atoms with Crippen molar-refractivity contribution < 1.29 is 75.6 Å². The minimum absolute atomic E-state index is 0. The molecule has 368 valence electrons. The van der Waals surface area contributed by atoms with Gasteiger partial charge < -0.3 is 34.5 Å². The van der Waals surface area contributed by atoms with Crippen LogP contribution >= 0.6 is 11.6 Å². The predicted octanol–water partition coefficient (Wildman–Crippen LogP) is 6.10. The summed E-state index contributed by atoms with van der Waals surface area (Å²) in [6.07, 6.45) is 10.0. The minimum Gasteiger partial charge on any atom is -0.870 e. The van der Waals surface area contributed by atoms with E-state index in [0.717, 1.165) is 68.9 Å². The van der Waals surface area contributed by atoms with Gasteiger partial charge in [-0.25, -0.2) is 50.9 Å². The molecule has 3 saturated carbocycles. The molecule has 3 aliphatic rings. The van der Waals surface area contributed by atoms with Crippen LogP contribution in [0.5, 0.6) is 0 Å². The van der Waals surface area contributed by atoms with E-state index in [2.05, 4.69) is 50.3 Å². The molecule has 0 atom stereocenters. The fourth-order valence-electron chi connectivity index (χ4n) is 7.74. The van der Waals surface area contributed by atoms with Gasteiger partial charge in [0.25, 0.3) is 0 Å². The van der Waals surface area contributed by atoms with E-state index in [0.29, 0.717) is 67.3 Å². The zero-order valence-electron chi connectivity index (χ0n) is 37.0. The van der Waals surface area contributed by atoms with Crippen molar-refractivity contribution in [2.75, 3.05) is 7.11 Å². The second-order valence-corrected chi connectivity index (χ2v) is 16.5. The van der Waals surface area contributed by atoms with Crippen molar-refractivity contribution in [2.45, 2.75) is 64.1 Å². The van der Waals surface area contributed by atoms with E-state index in [1.54, 1.807) is 16.8 Å². The van der Waals surface area contributed by atoms with Crippen LogP contribution < -0.4 is 18.9 Å². The Labute approximate surface area is 419 Å². The first-order valence-corrected chi connectivity index (χ1v) is 21.2. The number of methoxy groups -OCH3 is 1. The fraction of sp³-hybridized carbons (Fsp3) is 0.239. The van der Waals surface area contributed by atoms with Crippen molar-refractivity contribution in [3.63, 3.8) is 0 Å². The molecule has 0 saturated heterocycles. The smallest absolute Gasteiger partial charge is 0.870 e. The summed E-state index contributed by atoms with van der Waals surface area (Å²) in [5.41, 5.74) is 4.17. The summed E-state index contributed by atoms with van der Waals surface area (Å²) in [7, 11) is 1.25. The molecule has 0 aliphatic heterocycles. The Morgan fingerprint density at radius 3 is 1.21 bits per heavy atom. The van der Waals surface area contributed by atoms with Crippen LogP contribution in [-0.2, 0) is 4.74 Å². The number of carboxylic acids is 1. The van der Waals surface area contributed by atoms with Gasteiger partial charge in [-0.3, -0.25) is 0 Å². The van der Waals surface area contributed by atoms with Crippen LogP contribution in [0.4, 0.5) is 26.3 Å². The Bertz CT molecular complexity index is 3520. The zero-order chi connectivity index (χ0) is 47.5. The molecule has 18 nitrogen and oxygen atoms in total. The quantitative estimate of drug-likeness (QED) is 0.103. The van der Waals surface area contributed by atoms with Gasteiger partial charge >= 0.3 is 30.8 Å². The van der Waals surface area contributed by atoms with Gasteiger partial charge in [0.15, 0.2) is 51.4 Å². The first-order valence-electron chi connectivity index (χ1n) is 20.8. The van der Waals surface area contributed by atoms with Crippen molar-refractivity contribution in [3.8, 4) is 34.2 Å². The number of imidazole rings is 3. The van der Waals surface area contributed by atoms with Crippen LogP contribution in [0.3, 0.4) is 0 Å². The number of carbonyl (C=O) groups excluding carboxylic acids is 1. The van der Waals surface area contributed by atoms with Gasteiger partial charge in [-0.1, -0.05) is 19.0 Å². The molecule has 0 unspecified atom stereocenters. The maximum Gasteiger partial charge on any atom is 1.00 e. The average Bonchev–Trinajstić information content (AvgIpc) is 4.27. The Morgan fingerprint density at radius 2 is 0.875 bits per heavy atom. The van der Waals surface area contributed by atoms with Gasteiger partial charge in [0.2, 0.25) is 0 Å². The molecular formula is C46H38ClF6LiN12O6. The molecular weight excluding hydrogens is 973 g/mol.